The van der Waals surface area contributed by atoms with E-state index < -0.39 is 6.09 Å². The number of primary amides is 1. The summed E-state index contributed by atoms with van der Waals surface area (Å²) in [5.74, 6) is 0.00377. The summed E-state index contributed by atoms with van der Waals surface area (Å²) in [4.78, 5) is 10.3. The molecule has 1 aromatic carbocycles. The van der Waals surface area contributed by atoms with Crippen molar-refractivity contribution < 1.29 is 19.7 Å². The number of hydrogen-bond acceptors (Lipinski definition) is 5. The molecule has 1 rings (SSSR count). The number of benzene rings is 1. The minimum absolute atomic E-state index is 0.00189. The number of phenolic OH excluding ortho intramolecular Hbond substituents is 2. The lowest BCUT2D eigenvalue weighted by atomic mass is 10.1. The molecule has 0 aliphatic rings. The lowest BCUT2D eigenvalue weighted by Crippen LogP contribution is -2.25. The second-order valence-corrected chi connectivity index (χ2v) is 3.63. The number of rotatable bonds is 5. The van der Waals surface area contributed by atoms with Crippen molar-refractivity contribution in [2.24, 2.45) is 5.73 Å². The van der Waals surface area contributed by atoms with Gasteiger partial charge in [0.15, 0.2) is 0 Å². The van der Waals surface area contributed by atoms with E-state index in [0.717, 1.165) is 5.56 Å². The van der Waals surface area contributed by atoms with Crippen molar-refractivity contribution in [2.45, 2.75) is 13.0 Å². The van der Waals surface area contributed by atoms with E-state index >= 15 is 0 Å². The first-order valence-corrected chi connectivity index (χ1v) is 5.17. The highest BCUT2D eigenvalue weighted by molar-refractivity contribution is 5.64. The van der Waals surface area contributed by atoms with Crippen molar-refractivity contribution in [3.8, 4) is 11.5 Å². The molecule has 0 fully saturated rings. The highest BCUT2D eigenvalue weighted by atomic mass is 16.5. The van der Waals surface area contributed by atoms with Crippen molar-refractivity contribution in [1.29, 1.82) is 0 Å². The molecule has 1 aromatic rings. The number of aromatic hydroxyl groups is 2. The molecule has 1 amide bonds. The molecule has 1 atom stereocenters. The Kier molecular flexibility index (Phi) is 4.59. The zero-order valence-corrected chi connectivity index (χ0v) is 9.51. The molecule has 94 valence electrons. The maximum Gasteiger partial charge on any atom is 0.404 e. The van der Waals surface area contributed by atoms with Crippen LogP contribution in [-0.4, -0.2) is 29.5 Å². The van der Waals surface area contributed by atoms with E-state index in [0.29, 0.717) is 6.54 Å². The van der Waals surface area contributed by atoms with Crippen molar-refractivity contribution in [2.75, 3.05) is 13.2 Å². The number of ether oxygens (including phenoxy) is 1. The van der Waals surface area contributed by atoms with Gasteiger partial charge in [0, 0.05) is 18.7 Å². The van der Waals surface area contributed by atoms with Gasteiger partial charge in [0.25, 0.3) is 0 Å². The fraction of sp³-hybridized carbons (Fsp3) is 0.364. The minimum atomic E-state index is -0.811. The summed E-state index contributed by atoms with van der Waals surface area (Å²) < 4.78 is 4.55. The molecule has 0 radical (unpaired) electrons. The third kappa shape index (κ3) is 4.60. The molecule has 0 aliphatic carbocycles. The number of phenols is 2. The molecule has 1 unspecified atom stereocenters. The predicted octanol–water partition coefficient (Wildman–Crippen LogP) is 0.844. The standard InChI is InChI=1S/C11H16N2O4/c1-7(13-2-3-17-11(12)16)8-4-9(14)6-10(15)5-8/h4-7,13-15H,2-3H2,1H3,(H2,12,16). The number of nitrogens with one attached hydrogen (secondary N) is 1. The number of carbonyl (C=O) groups excluding carboxylic acids is 1. The Hall–Kier alpha value is -1.95. The summed E-state index contributed by atoms with van der Waals surface area (Å²) in [6, 6.07) is 4.26. The van der Waals surface area contributed by atoms with Gasteiger partial charge in [-0.15, -0.1) is 0 Å². The second-order valence-electron chi connectivity index (χ2n) is 3.63. The molecule has 0 aliphatic heterocycles. The SMILES string of the molecule is CC(NCCOC(N)=O)c1cc(O)cc(O)c1. The molecule has 0 aromatic heterocycles. The number of amides is 1. The zero-order valence-electron chi connectivity index (χ0n) is 9.51. The molecular weight excluding hydrogens is 224 g/mol. The van der Waals surface area contributed by atoms with Crippen LogP contribution < -0.4 is 11.1 Å². The molecule has 0 saturated carbocycles. The van der Waals surface area contributed by atoms with E-state index in [1.165, 1.54) is 6.07 Å². The van der Waals surface area contributed by atoms with E-state index in [1.54, 1.807) is 12.1 Å². The summed E-state index contributed by atoms with van der Waals surface area (Å²) in [7, 11) is 0. The first-order valence-electron chi connectivity index (χ1n) is 5.17. The Bertz CT molecular complexity index is 375. The van der Waals surface area contributed by atoms with Crippen LogP contribution in [0, 0.1) is 0 Å². The molecule has 5 N–H and O–H groups in total. The molecule has 0 spiro atoms. The van der Waals surface area contributed by atoms with E-state index in [2.05, 4.69) is 10.1 Å². The van der Waals surface area contributed by atoms with E-state index in [1.807, 2.05) is 6.92 Å². The number of carbonyl (C=O) groups is 1. The maximum absolute atomic E-state index is 10.3. The zero-order chi connectivity index (χ0) is 12.8. The van der Waals surface area contributed by atoms with Gasteiger partial charge >= 0.3 is 6.09 Å². The van der Waals surface area contributed by atoms with Crippen LogP contribution in [0.3, 0.4) is 0 Å². The van der Waals surface area contributed by atoms with Crippen molar-refractivity contribution in [3.05, 3.63) is 23.8 Å². The molecular formula is C11H16N2O4. The van der Waals surface area contributed by atoms with Crippen LogP contribution in [0.15, 0.2) is 18.2 Å². The Morgan fingerprint density at radius 3 is 2.53 bits per heavy atom. The molecule has 0 saturated heterocycles. The normalized spacial score (nSPS) is 12.1. The van der Waals surface area contributed by atoms with Gasteiger partial charge in [-0.05, 0) is 24.6 Å². The predicted molar refractivity (Wildman–Crippen MR) is 61.7 cm³/mol. The highest BCUT2D eigenvalue weighted by Crippen LogP contribution is 2.24. The van der Waals surface area contributed by atoms with Gasteiger partial charge in [0.2, 0.25) is 0 Å². The number of nitrogens with two attached hydrogens (primary N) is 1. The summed E-state index contributed by atoms with van der Waals surface area (Å²) in [6.07, 6.45) is -0.811. The van der Waals surface area contributed by atoms with E-state index in [9.17, 15) is 15.0 Å². The summed E-state index contributed by atoms with van der Waals surface area (Å²) in [5.41, 5.74) is 5.54. The lowest BCUT2D eigenvalue weighted by molar-refractivity contribution is 0.156. The Morgan fingerprint density at radius 2 is 2.00 bits per heavy atom. The third-order valence-electron chi connectivity index (χ3n) is 2.22. The smallest absolute Gasteiger partial charge is 0.404 e. The Morgan fingerprint density at radius 1 is 1.41 bits per heavy atom. The highest BCUT2D eigenvalue weighted by Gasteiger charge is 2.07. The van der Waals surface area contributed by atoms with Gasteiger partial charge in [0.1, 0.15) is 18.1 Å². The molecule has 17 heavy (non-hydrogen) atoms. The third-order valence-corrected chi connectivity index (χ3v) is 2.22. The first-order chi connectivity index (χ1) is 7.99. The van der Waals surface area contributed by atoms with Gasteiger partial charge in [-0.2, -0.15) is 0 Å². The van der Waals surface area contributed by atoms with Crippen LogP contribution in [-0.2, 0) is 4.74 Å². The molecule has 0 heterocycles. The van der Waals surface area contributed by atoms with Crippen LogP contribution in [0.25, 0.3) is 0 Å². The summed E-state index contributed by atoms with van der Waals surface area (Å²) in [6.45, 7) is 2.46. The topological polar surface area (TPSA) is 105 Å². The van der Waals surface area contributed by atoms with Gasteiger partial charge < -0.3 is 26.0 Å². The fourth-order valence-corrected chi connectivity index (χ4v) is 1.41. The average Bonchev–Trinajstić information content (AvgIpc) is 2.22. The fourth-order valence-electron chi connectivity index (χ4n) is 1.41. The van der Waals surface area contributed by atoms with Gasteiger partial charge in [-0.25, -0.2) is 4.79 Å². The van der Waals surface area contributed by atoms with Crippen molar-refractivity contribution in [1.82, 2.24) is 5.32 Å². The number of hydrogen-bond donors (Lipinski definition) is 4. The molecule has 0 bridgehead atoms. The summed E-state index contributed by atoms with van der Waals surface area (Å²) >= 11 is 0. The van der Waals surface area contributed by atoms with Gasteiger partial charge in [-0.1, -0.05) is 0 Å². The lowest BCUT2D eigenvalue weighted by Gasteiger charge is -2.14. The molecule has 6 nitrogen and oxygen atoms in total. The van der Waals surface area contributed by atoms with E-state index in [-0.39, 0.29) is 24.1 Å². The molecule has 6 heteroatoms. The average molecular weight is 240 g/mol. The van der Waals surface area contributed by atoms with Crippen molar-refractivity contribution in [3.63, 3.8) is 0 Å². The van der Waals surface area contributed by atoms with E-state index in [4.69, 9.17) is 5.73 Å². The monoisotopic (exact) mass is 240 g/mol. The van der Waals surface area contributed by atoms with Crippen LogP contribution in [0.4, 0.5) is 4.79 Å². The largest absolute Gasteiger partial charge is 0.508 e. The quantitative estimate of drug-likeness (QED) is 0.571. The Balaban J connectivity index is 2.46. The van der Waals surface area contributed by atoms with Crippen LogP contribution in [0.2, 0.25) is 0 Å². The van der Waals surface area contributed by atoms with Crippen LogP contribution >= 0.6 is 0 Å². The maximum atomic E-state index is 10.3. The van der Waals surface area contributed by atoms with Crippen LogP contribution in [0.1, 0.15) is 18.5 Å². The van der Waals surface area contributed by atoms with Gasteiger partial charge in [0.05, 0.1) is 0 Å². The van der Waals surface area contributed by atoms with Crippen molar-refractivity contribution >= 4 is 6.09 Å². The van der Waals surface area contributed by atoms with Gasteiger partial charge in [-0.3, -0.25) is 0 Å². The minimum Gasteiger partial charge on any atom is -0.508 e. The first kappa shape index (κ1) is 13.1. The summed E-state index contributed by atoms with van der Waals surface area (Å²) in [5, 5.41) is 21.7. The van der Waals surface area contributed by atoms with Crippen LogP contribution in [0.5, 0.6) is 11.5 Å². The Labute approximate surface area is 99.0 Å². The second kappa shape index (κ2) is 5.95.